The van der Waals surface area contributed by atoms with Gasteiger partial charge in [-0.15, -0.1) is 0 Å². The molecule has 6 nitrogen and oxygen atoms in total. The van der Waals surface area contributed by atoms with Crippen LogP contribution in [-0.2, 0) is 14.6 Å². The molecule has 0 aliphatic carbocycles. The van der Waals surface area contributed by atoms with Gasteiger partial charge < -0.3 is 15.8 Å². The number of hydrogen-bond donors (Lipinski definition) is 2. The minimum Gasteiger partial charge on any atom is -0.497 e. The summed E-state index contributed by atoms with van der Waals surface area (Å²) in [5.74, 6) is -0.782. The maximum atomic E-state index is 12.1. The van der Waals surface area contributed by atoms with Crippen molar-refractivity contribution in [1.82, 2.24) is 5.32 Å². The predicted octanol–water partition coefficient (Wildman–Crippen LogP) is 0.577. The van der Waals surface area contributed by atoms with Gasteiger partial charge >= 0.3 is 0 Å². The molecule has 7 heteroatoms. The number of hydrogen-bond acceptors (Lipinski definition) is 5. The van der Waals surface area contributed by atoms with Gasteiger partial charge in [0.15, 0.2) is 9.84 Å². The second kappa shape index (κ2) is 6.42. The monoisotopic (exact) mass is 286 g/mol. The van der Waals surface area contributed by atoms with Gasteiger partial charge in [-0.25, -0.2) is 8.42 Å². The standard InChI is InChI=1S/C12H18N2O4S/c1-3-6-14-12(15)8-19(16,17)11-7-9(18-2)4-5-10(11)13/h4-5,7H,3,6,8,13H2,1-2H3,(H,14,15). The molecular weight excluding hydrogens is 268 g/mol. The lowest BCUT2D eigenvalue weighted by atomic mass is 10.3. The minimum atomic E-state index is -3.77. The minimum absolute atomic E-state index is 0.0847. The molecule has 0 fully saturated rings. The Morgan fingerprint density at radius 1 is 1.42 bits per heavy atom. The van der Waals surface area contributed by atoms with Gasteiger partial charge in [-0.2, -0.15) is 0 Å². The lowest BCUT2D eigenvalue weighted by Gasteiger charge is -2.09. The number of anilines is 1. The highest BCUT2D eigenvalue weighted by molar-refractivity contribution is 7.92. The Hall–Kier alpha value is -1.76. The summed E-state index contributed by atoms with van der Waals surface area (Å²) in [6, 6.07) is 4.32. The quantitative estimate of drug-likeness (QED) is 0.745. The Balaban J connectivity index is 2.97. The van der Waals surface area contributed by atoms with Crippen LogP contribution < -0.4 is 15.8 Å². The summed E-state index contributed by atoms with van der Waals surface area (Å²) < 4.78 is 29.2. The number of nitrogen functional groups attached to an aromatic ring is 1. The zero-order valence-corrected chi connectivity index (χ0v) is 11.8. The molecule has 0 radical (unpaired) electrons. The molecule has 1 aromatic rings. The molecule has 1 rings (SSSR count). The summed E-state index contributed by atoms with van der Waals surface area (Å²) in [6.45, 7) is 2.33. The summed E-state index contributed by atoms with van der Waals surface area (Å²) in [5, 5.41) is 2.52. The highest BCUT2D eigenvalue weighted by atomic mass is 32.2. The number of nitrogens with two attached hydrogens (primary N) is 1. The van der Waals surface area contributed by atoms with Crippen molar-refractivity contribution in [2.75, 3.05) is 25.1 Å². The lowest BCUT2D eigenvalue weighted by Crippen LogP contribution is -2.31. The first-order chi connectivity index (χ1) is 8.90. The van der Waals surface area contributed by atoms with Gasteiger partial charge in [-0.3, -0.25) is 4.79 Å². The third-order valence-electron chi connectivity index (χ3n) is 2.45. The number of nitrogens with one attached hydrogen (secondary N) is 1. The van der Waals surface area contributed by atoms with Crippen LogP contribution in [0.1, 0.15) is 13.3 Å². The van der Waals surface area contributed by atoms with Crippen molar-refractivity contribution in [2.24, 2.45) is 0 Å². The van der Waals surface area contributed by atoms with E-state index < -0.39 is 21.5 Å². The summed E-state index contributed by atoms with van der Waals surface area (Å²) in [4.78, 5) is 11.4. The molecule has 0 aromatic heterocycles. The molecule has 0 saturated carbocycles. The summed E-state index contributed by atoms with van der Waals surface area (Å²) >= 11 is 0. The van der Waals surface area contributed by atoms with Crippen LogP contribution in [0, 0.1) is 0 Å². The molecule has 0 bridgehead atoms. The van der Waals surface area contributed by atoms with Crippen LogP contribution in [0.25, 0.3) is 0 Å². The second-order valence-corrected chi connectivity index (χ2v) is 5.97. The van der Waals surface area contributed by atoms with E-state index in [1.807, 2.05) is 6.92 Å². The normalized spacial score (nSPS) is 11.1. The van der Waals surface area contributed by atoms with Crippen molar-refractivity contribution in [3.63, 3.8) is 0 Å². The lowest BCUT2D eigenvalue weighted by molar-refractivity contribution is -0.118. The van der Waals surface area contributed by atoms with Gasteiger partial charge in [0.25, 0.3) is 0 Å². The predicted molar refractivity (Wildman–Crippen MR) is 72.8 cm³/mol. The van der Waals surface area contributed by atoms with Gasteiger partial charge in [0.1, 0.15) is 11.5 Å². The Labute approximate surface area is 112 Å². The summed E-state index contributed by atoms with van der Waals surface area (Å²) in [6.07, 6.45) is 0.743. The molecule has 19 heavy (non-hydrogen) atoms. The van der Waals surface area contributed by atoms with E-state index in [0.717, 1.165) is 6.42 Å². The first-order valence-electron chi connectivity index (χ1n) is 5.83. The molecule has 106 valence electrons. The van der Waals surface area contributed by atoms with E-state index in [-0.39, 0.29) is 10.6 Å². The molecule has 0 spiro atoms. The van der Waals surface area contributed by atoms with Crippen molar-refractivity contribution in [3.05, 3.63) is 18.2 Å². The van der Waals surface area contributed by atoms with Gasteiger partial charge in [-0.1, -0.05) is 6.92 Å². The van der Waals surface area contributed by atoms with Gasteiger partial charge in [-0.05, 0) is 18.6 Å². The fourth-order valence-corrected chi connectivity index (χ4v) is 2.80. The molecule has 0 saturated heterocycles. The van der Waals surface area contributed by atoms with Gasteiger partial charge in [0.05, 0.1) is 17.7 Å². The fourth-order valence-electron chi connectivity index (χ4n) is 1.48. The van der Waals surface area contributed by atoms with Crippen LogP contribution in [0.3, 0.4) is 0 Å². The zero-order chi connectivity index (χ0) is 14.5. The number of amides is 1. The summed E-state index contributed by atoms with van der Waals surface area (Å²) in [5.41, 5.74) is 5.74. The van der Waals surface area contributed by atoms with Gasteiger partial charge in [0, 0.05) is 12.6 Å². The highest BCUT2D eigenvalue weighted by Gasteiger charge is 2.22. The molecule has 0 atom stereocenters. The van der Waals surface area contributed by atoms with Crippen molar-refractivity contribution in [1.29, 1.82) is 0 Å². The number of carbonyl (C=O) groups is 1. The number of ether oxygens (including phenoxy) is 1. The topological polar surface area (TPSA) is 98.5 Å². The average Bonchev–Trinajstić information content (AvgIpc) is 2.36. The first-order valence-corrected chi connectivity index (χ1v) is 7.49. The first kappa shape index (κ1) is 15.3. The van der Waals surface area contributed by atoms with Gasteiger partial charge in [0.2, 0.25) is 5.91 Å². The molecule has 0 aliphatic heterocycles. The average molecular weight is 286 g/mol. The Bertz CT molecular complexity index is 555. The van der Waals surface area contributed by atoms with Crippen molar-refractivity contribution >= 4 is 21.4 Å². The third-order valence-corrected chi connectivity index (χ3v) is 4.11. The zero-order valence-electron chi connectivity index (χ0n) is 11.0. The van der Waals surface area contributed by atoms with E-state index in [9.17, 15) is 13.2 Å². The number of methoxy groups -OCH3 is 1. The molecule has 0 heterocycles. The fraction of sp³-hybridized carbons (Fsp3) is 0.417. The Kier molecular flexibility index (Phi) is 5.17. The largest absolute Gasteiger partial charge is 0.497 e. The summed E-state index contributed by atoms with van der Waals surface area (Å²) in [7, 11) is -2.34. The van der Waals surface area contributed by atoms with E-state index >= 15 is 0 Å². The third kappa shape index (κ3) is 4.13. The second-order valence-electron chi connectivity index (χ2n) is 4.01. The molecule has 1 amide bonds. The van der Waals surface area contributed by atoms with Crippen molar-refractivity contribution in [2.45, 2.75) is 18.2 Å². The van der Waals surface area contributed by atoms with E-state index in [1.165, 1.54) is 19.2 Å². The van der Waals surface area contributed by atoms with Crippen LogP contribution in [-0.4, -0.2) is 33.7 Å². The maximum Gasteiger partial charge on any atom is 0.235 e. The number of carbonyl (C=O) groups excluding carboxylic acids is 1. The SMILES string of the molecule is CCCNC(=O)CS(=O)(=O)c1cc(OC)ccc1N. The smallest absolute Gasteiger partial charge is 0.235 e. The molecule has 0 aliphatic rings. The number of rotatable bonds is 6. The van der Waals surface area contributed by atoms with E-state index in [4.69, 9.17) is 10.5 Å². The van der Waals surface area contributed by atoms with E-state index in [0.29, 0.717) is 12.3 Å². The van der Waals surface area contributed by atoms with Crippen LogP contribution in [0.15, 0.2) is 23.1 Å². The molecular formula is C12H18N2O4S. The van der Waals surface area contributed by atoms with E-state index in [2.05, 4.69) is 5.32 Å². The van der Waals surface area contributed by atoms with Crippen LogP contribution in [0.5, 0.6) is 5.75 Å². The molecule has 1 aromatic carbocycles. The highest BCUT2D eigenvalue weighted by Crippen LogP contribution is 2.24. The van der Waals surface area contributed by atoms with Crippen LogP contribution >= 0.6 is 0 Å². The Morgan fingerprint density at radius 3 is 2.68 bits per heavy atom. The van der Waals surface area contributed by atoms with Crippen LogP contribution in [0.2, 0.25) is 0 Å². The maximum absolute atomic E-state index is 12.1. The number of benzene rings is 1. The number of sulfone groups is 1. The molecule has 0 unspecified atom stereocenters. The molecule has 3 N–H and O–H groups in total. The van der Waals surface area contributed by atoms with Crippen molar-refractivity contribution in [3.8, 4) is 5.75 Å². The Morgan fingerprint density at radius 2 is 2.11 bits per heavy atom. The van der Waals surface area contributed by atoms with E-state index in [1.54, 1.807) is 6.07 Å². The van der Waals surface area contributed by atoms with Crippen LogP contribution in [0.4, 0.5) is 5.69 Å². The van der Waals surface area contributed by atoms with Crippen molar-refractivity contribution < 1.29 is 17.9 Å².